The molecule has 1 aromatic carbocycles. The first-order chi connectivity index (χ1) is 10.8. The van der Waals surface area contributed by atoms with Gasteiger partial charge in [0.05, 0.1) is 10.6 Å². The number of allylic oxidation sites excluding steroid dienone is 1. The second-order valence-corrected chi connectivity index (χ2v) is 7.68. The average Bonchev–Trinajstić information content (AvgIpc) is 2.91. The lowest BCUT2D eigenvalue weighted by atomic mass is 10.1. The van der Waals surface area contributed by atoms with Crippen molar-refractivity contribution in [3.8, 4) is 0 Å². The van der Waals surface area contributed by atoms with Gasteiger partial charge in [-0.2, -0.15) is 0 Å². The van der Waals surface area contributed by atoms with Crippen LogP contribution in [0.15, 0.2) is 40.9 Å². The summed E-state index contributed by atoms with van der Waals surface area (Å²) in [5, 5.41) is 0. The number of ether oxygens (including phenoxy) is 1. The van der Waals surface area contributed by atoms with Crippen molar-refractivity contribution in [1.29, 1.82) is 0 Å². The molecule has 1 atom stereocenters. The van der Waals surface area contributed by atoms with Crippen molar-refractivity contribution in [2.24, 2.45) is 5.92 Å². The number of rotatable bonds is 6. The molecule has 0 radical (unpaired) electrons. The Morgan fingerprint density at radius 3 is 2.43 bits per heavy atom. The van der Waals surface area contributed by atoms with Crippen molar-refractivity contribution < 1.29 is 17.9 Å². The molecule has 0 N–H and O–H groups in total. The fraction of sp³-hybridized carbons (Fsp3) is 0.471. The molecule has 1 heterocycles. The minimum absolute atomic E-state index is 0.164. The summed E-state index contributed by atoms with van der Waals surface area (Å²) in [4.78, 5) is 12.6. The maximum absolute atomic E-state index is 13.0. The normalized spacial score (nSPS) is 18.4. The Morgan fingerprint density at radius 2 is 1.91 bits per heavy atom. The van der Waals surface area contributed by atoms with Crippen LogP contribution in [0.5, 0.6) is 0 Å². The summed E-state index contributed by atoms with van der Waals surface area (Å²) in [6.07, 6.45) is 1.38. The number of hydrogen-bond acceptors (Lipinski definition) is 4. The van der Waals surface area contributed by atoms with E-state index in [0.29, 0.717) is 13.0 Å². The highest BCUT2D eigenvalue weighted by Crippen LogP contribution is 2.32. The highest BCUT2D eigenvalue weighted by atomic mass is 32.2. The summed E-state index contributed by atoms with van der Waals surface area (Å²) in [7, 11) is -3.84. The molecule has 5 nitrogen and oxygen atoms in total. The Hall–Kier alpha value is -1.66. The van der Waals surface area contributed by atoms with Crippen LogP contribution in [-0.2, 0) is 19.6 Å². The first-order valence-electron chi connectivity index (χ1n) is 7.76. The lowest BCUT2D eigenvalue weighted by molar-refractivity contribution is -0.120. The molecular weight excluding hydrogens is 314 g/mol. The van der Waals surface area contributed by atoms with E-state index in [9.17, 15) is 13.2 Å². The summed E-state index contributed by atoms with van der Waals surface area (Å²) >= 11 is 0. The van der Waals surface area contributed by atoms with Crippen LogP contribution in [0.3, 0.4) is 0 Å². The molecule has 0 bridgehead atoms. The fourth-order valence-corrected chi connectivity index (χ4v) is 4.08. The van der Waals surface area contributed by atoms with E-state index in [-0.39, 0.29) is 22.3 Å². The number of ketones is 1. The Morgan fingerprint density at radius 1 is 1.30 bits per heavy atom. The number of carbonyl (C=O) groups is 1. The third kappa shape index (κ3) is 3.48. The van der Waals surface area contributed by atoms with Crippen molar-refractivity contribution in [2.75, 3.05) is 6.61 Å². The number of benzene rings is 1. The van der Waals surface area contributed by atoms with E-state index in [1.165, 1.54) is 0 Å². The maximum atomic E-state index is 13.0. The van der Waals surface area contributed by atoms with Crippen LogP contribution in [0.4, 0.5) is 0 Å². The third-order valence-corrected chi connectivity index (χ3v) is 5.54. The molecule has 0 aromatic heterocycles. The second-order valence-electron chi connectivity index (χ2n) is 5.87. The molecule has 6 heteroatoms. The maximum Gasteiger partial charge on any atom is 0.266 e. The van der Waals surface area contributed by atoms with Gasteiger partial charge in [-0.15, -0.1) is 0 Å². The molecule has 1 unspecified atom stereocenters. The van der Waals surface area contributed by atoms with Crippen LogP contribution in [-0.4, -0.2) is 31.3 Å². The molecule has 1 aliphatic heterocycles. The topological polar surface area (TPSA) is 63.7 Å². The Kier molecular flexibility index (Phi) is 5.26. The van der Waals surface area contributed by atoms with E-state index >= 15 is 0 Å². The first kappa shape index (κ1) is 17.7. The zero-order valence-electron chi connectivity index (χ0n) is 13.9. The smallest absolute Gasteiger partial charge is 0.266 e. The van der Waals surface area contributed by atoms with Crippen LogP contribution in [0.25, 0.3) is 0 Å². The van der Waals surface area contributed by atoms with Gasteiger partial charge in [0.15, 0.2) is 5.78 Å². The lowest BCUT2D eigenvalue weighted by Crippen LogP contribution is -2.40. The largest absolute Gasteiger partial charge is 0.357 e. The second kappa shape index (κ2) is 6.84. The Labute approximate surface area is 138 Å². The molecule has 0 aliphatic carbocycles. The number of carbonyl (C=O) groups excluding carboxylic acids is 1. The van der Waals surface area contributed by atoms with Crippen LogP contribution in [0, 0.1) is 12.8 Å². The molecule has 0 fully saturated rings. The molecule has 126 valence electrons. The standard InChI is InChI=1S/C17H23NO4S/c1-5-22-16-11-10-15(17(19)12(2)3)18(16)23(20,21)14-8-6-13(4)7-9-14/h6-10,12,16H,5,11H2,1-4H3. The lowest BCUT2D eigenvalue weighted by Gasteiger charge is -2.28. The van der Waals surface area contributed by atoms with Gasteiger partial charge in [0.25, 0.3) is 10.0 Å². The molecule has 1 aromatic rings. The summed E-state index contributed by atoms with van der Waals surface area (Å²) in [6.45, 7) is 7.59. The summed E-state index contributed by atoms with van der Waals surface area (Å²) < 4.78 is 32.7. The SMILES string of the molecule is CCOC1CC=C(C(=O)C(C)C)N1S(=O)(=O)c1ccc(C)cc1. The number of nitrogens with zero attached hydrogens (tertiary/aromatic N) is 1. The molecule has 1 aliphatic rings. The predicted molar refractivity (Wildman–Crippen MR) is 88.2 cm³/mol. The Bertz CT molecular complexity index is 705. The summed E-state index contributed by atoms with van der Waals surface area (Å²) in [5.41, 5.74) is 1.18. The average molecular weight is 337 g/mol. The molecule has 2 rings (SSSR count). The van der Waals surface area contributed by atoms with Gasteiger partial charge in [-0.25, -0.2) is 12.7 Å². The number of hydrogen-bond donors (Lipinski definition) is 0. The Balaban J connectivity index is 2.46. The highest BCUT2D eigenvalue weighted by Gasteiger charge is 2.40. The van der Waals surface area contributed by atoms with Gasteiger partial charge in [-0.3, -0.25) is 4.79 Å². The van der Waals surface area contributed by atoms with E-state index < -0.39 is 16.3 Å². The summed E-state index contributed by atoms with van der Waals surface area (Å²) in [6, 6.07) is 6.60. The highest BCUT2D eigenvalue weighted by molar-refractivity contribution is 7.89. The van der Waals surface area contributed by atoms with Crippen LogP contribution in [0.2, 0.25) is 0 Å². The van der Waals surface area contributed by atoms with Gasteiger partial charge in [-0.1, -0.05) is 37.6 Å². The van der Waals surface area contributed by atoms with Crippen molar-refractivity contribution in [2.45, 2.75) is 45.2 Å². The monoisotopic (exact) mass is 337 g/mol. The minimum atomic E-state index is -3.84. The van der Waals surface area contributed by atoms with Crippen LogP contribution in [0.1, 0.15) is 32.8 Å². The third-order valence-electron chi connectivity index (χ3n) is 3.73. The van der Waals surface area contributed by atoms with Crippen LogP contribution < -0.4 is 0 Å². The van der Waals surface area contributed by atoms with Gasteiger partial charge in [-0.05, 0) is 26.0 Å². The number of Topliss-reactive ketones (excluding diaryl/α,β-unsaturated/α-hetero) is 1. The molecule has 0 saturated heterocycles. The van der Waals surface area contributed by atoms with Crippen molar-refractivity contribution in [3.05, 3.63) is 41.6 Å². The van der Waals surface area contributed by atoms with Gasteiger partial charge < -0.3 is 4.74 Å². The molecule has 0 spiro atoms. The first-order valence-corrected chi connectivity index (χ1v) is 9.20. The van der Waals surface area contributed by atoms with E-state index in [1.54, 1.807) is 51.1 Å². The van der Waals surface area contributed by atoms with Crippen molar-refractivity contribution >= 4 is 15.8 Å². The van der Waals surface area contributed by atoms with Gasteiger partial charge in [0.1, 0.15) is 6.23 Å². The predicted octanol–water partition coefficient (Wildman–Crippen LogP) is 2.86. The molecule has 0 amide bonds. The molecule has 23 heavy (non-hydrogen) atoms. The van der Waals surface area contributed by atoms with Crippen LogP contribution >= 0.6 is 0 Å². The molecule has 0 saturated carbocycles. The minimum Gasteiger partial charge on any atom is -0.357 e. The molecular formula is C17H23NO4S. The fourth-order valence-electron chi connectivity index (χ4n) is 2.49. The van der Waals surface area contributed by atoms with Crippen molar-refractivity contribution in [3.63, 3.8) is 0 Å². The zero-order chi connectivity index (χ0) is 17.2. The number of aryl methyl sites for hydroxylation is 1. The summed E-state index contributed by atoms with van der Waals surface area (Å²) in [5.74, 6) is -0.472. The van der Waals surface area contributed by atoms with E-state index in [0.717, 1.165) is 9.87 Å². The van der Waals surface area contributed by atoms with E-state index in [4.69, 9.17) is 4.74 Å². The van der Waals surface area contributed by atoms with Gasteiger partial charge in [0.2, 0.25) is 0 Å². The quantitative estimate of drug-likeness (QED) is 0.801. The van der Waals surface area contributed by atoms with Gasteiger partial charge in [0, 0.05) is 18.9 Å². The number of sulfonamides is 1. The van der Waals surface area contributed by atoms with E-state index in [1.807, 2.05) is 6.92 Å². The zero-order valence-corrected chi connectivity index (χ0v) is 14.8. The van der Waals surface area contributed by atoms with Gasteiger partial charge >= 0.3 is 0 Å². The van der Waals surface area contributed by atoms with Crippen molar-refractivity contribution in [1.82, 2.24) is 4.31 Å². The van der Waals surface area contributed by atoms with E-state index in [2.05, 4.69) is 0 Å².